The van der Waals surface area contributed by atoms with Crippen LogP contribution in [0, 0.1) is 0 Å². The number of anilines is 1. The number of benzene rings is 2. The van der Waals surface area contributed by atoms with E-state index in [1.165, 1.54) is 17.5 Å². The molecule has 0 saturated heterocycles. The van der Waals surface area contributed by atoms with Gasteiger partial charge >= 0.3 is 0 Å². The third-order valence-corrected chi connectivity index (χ3v) is 6.16. The molecule has 0 bridgehead atoms. The SMILES string of the molecule is CC.COc1ccccc1SNc1noc2cc(Cn3cc(CN)cn3)c3c(c12)OCCC3. The van der Waals surface area contributed by atoms with E-state index in [9.17, 15) is 0 Å². The third kappa shape index (κ3) is 4.79. The minimum atomic E-state index is 0.473. The summed E-state index contributed by atoms with van der Waals surface area (Å²) in [6.45, 7) is 5.78. The number of nitrogens with one attached hydrogen (secondary N) is 1. The molecular weight excluding hydrogens is 438 g/mol. The van der Waals surface area contributed by atoms with Crippen molar-refractivity contribution in [3.05, 3.63) is 59.4 Å². The van der Waals surface area contributed by atoms with Gasteiger partial charge in [-0.2, -0.15) is 5.10 Å². The molecule has 0 spiro atoms. The number of para-hydroxylation sites is 1. The van der Waals surface area contributed by atoms with Crippen molar-refractivity contribution in [1.29, 1.82) is 0 Å². The van der Waals surface area contributed by atoms with Gasteiger partial charge in [-0.05, 0) is 48.6 Å². The summed E-state index contributed by atoms with van der Waals surface area (Å²) in [7, 11) is 1.66. The molecule has 33 heavy (non-hydrogen) atoms. The highest BCUT2D eigenvalue weighted by atomic mass is 32.2. The average Bonchev–Trinajstić information content (AvgIpc) is 3.51. The molecule has 2 aromatic heterocycles. The van der Waals surface area contributed by atoms with Crippen molar-refractivity contribution in [2.75, 3.05) is 18.4 Å². The average molecular weight is 468 g/mol. The molecule has 4 aromatic rings. The minimum Gasteiger partial charge on any atom is -0.496 e. The second-order valence-corrected chi connectivity index (χ2v) is 8.15. The first-order valence-corrected chi connectivity index (χ1v) is 11.9. The Morgan fingerprint density at radius 1 is 1.27 bits per heavy atom. The van der Waals surface area contributed by atoms with E-state index in [0.717, 1.165) is 45.7 Å². The van der Waals surface area contributed by atoms with Gasteiger partial charge in [0.2, 0.25) is 0 Å². The normalized spacial score (nSPS) is 12.5. The van der Waals surface area contributed by atoms with Gasteiger partial charge in [0.25, 0.3) is 0 Å². The molecule has 0 radical (unpaired) electrons. The lowest BCUT2D eigenvalue weighted by Crippen LogP contribution is -2.13. The summed E-state index contributed by atoms with van der Waals surface area (Å²) in [6.07, 6.45) is 5.68. The molecule has 8 nitrogen and oxygen atoms in total. The van der Waals surface area contributed by atoms with Crippen molar-refractivity contribution in [1.82, 2.24) is 14.9 Å². The van der Waals surface area contributed by atoms with E-state index in [1.807, 2.05) is 55.1 Å². The second kappa shape index (κ2) is 10.6. The van der Waals surface area contributed by atoms with Gasteiger partial charge < -0.3 is 24.5 Å². The van der Waals surface area contributed by atoms with Crippen molar-refractivity contribution in [3.8, 4) is 11.5 Å². The zero-order valence-corrected chi connectivity index (χ0v) is 19.9. The van der Waals surface area contributed by atoms with Crippen LogP contribution < -0.4 is 19.9 Å². The van der Waals surface area contributed by atoms with Crippen LogP contribution in [0.5, 0.6) is 11.5 Å². The number of rotatable bonds is 7. The summed E-state index contributed by atoms with van der Waals surface area (Å²) in [5.74, 6) is 2.28. The molecule has 2 aromatic carbocycles. The second-order valence-electron chi connectivity index (χ2n) is 7.30. The largest absolute Gasteiger partial charge is 0.496 e. The molecule has 0 aliphatic carbocycles. The first kappa shape index (κ1) is 23.0. The van der Waals surface area contributed by atoms with Gasteiger partial charge in [-0.25, -0.2) is 0 Å². The van der Waals surface area contributed by atoms with Crippen molar-refractivity contribution < 1.29 is 14.0 Å². The topological polar surface area (TPSA) is 100 Å². The van der Waals surface area contributed by atoms with Crippen LogP contribution >= 0.6 is 11.9 Å². The Hall–Kier alpha value is -3.17. The summed E-state index contributed by atoms with van der Waals surface area (Å²) in [6, 6.07) is 9.86. The number of methoxy groups -OCH3 is 1. The summed E-state index contributed by atoms with van der Waals surface area (Å²) in [5, 5.41) is 9.56. The van der Waals surface area contributed by atoms with E-state index in [1.54, 1.807) is 13.3 Å². The highest BCUT2D eigenvalue weighted by Gasteiger charge is 2.24. The van der Waals surface area contributed by atoms with Crippen molar-refractivity contribution >= 4 is 28.7 Å². The van der Waals surface area contributed by atoms with Crippen LogP contribution in [0.2, 0.25) is 0 Å². The molecular formula is C24H29N5O3S. The molecule has 1 aliphatic heterocycles. The lowest BCUT2D eigenvalue weighted by molar-refractivity contribution is 0.291. The maximum atomic E-state index is 6.11. The van der Waals surface area contributed by atoms with E-state index in [0.29, 0.717) is 31.1 Å². The van der Waals surface area contributed by atoms with Crippen LogP contribution in [-0.4, -0.2) is 28.7 Å². The minimum absolute atomic E-state index is 0.473. The Labute approximate surface area is 197 Å². The monoisotopic (exact) mass is 467 g/mol. The highest BCUT2D eigenvalue weighted by molar-refractivity contribution is 8.00. The molecule has 0 amide bonds. The zero-order chi connectivity index (χ0) is 23.2. The van der Waals surface area contributed by atoms with Crippen LogP contribution in [0.3, 0.4) is 0 Å². The molecule has 174 valence electrons. The number of fused-ring (bicyclic) bond motifs is 3. The molecule has 0 fully saturated rings. The van der Waals surface area contributed by atoms with Crippen LogP contribution in [-0.2, 0) is 19.5 Å². The molecule has 0 unspecified atom stereocenters. The lowest BCUT2D eigenvalue weighted by atomic mass is 9.97. The van der Waals surface area contributed by atoms with Gasteiger partial charge in [0.1, 0.15) is 16.9 Å². The molecule has 1 aliphatic rings. The number of hydrogen-bond donors (Lipinski definition) is 2. The first-order chi connectivity index (χ1) is 16.3. The van der Waals surface area contributed by atoms with E-state index in [-0.39, 0.29) is 0 Å². The first-order valence-electron chi connectivity index (χ1n) is 11.1. The Morgan fingerprint density at radius 3 is 2.91 bits per heavy atom. The standard InChI is InChI=1S/C22H23N5O3S.C2H6/c1-28-17-6-2-3-7-19(17)31-26-22-20-18(30-25-22)9-15(16-5-4-8-29-21(16)20)13-27-12-14(10-23)11-24-27;1-2/h2-3,6-7,9,11-12H,4-5,8,10,13,23H2,1H3,(H,25,26);1-2H3. The van der Waals surface area contributed by atoms with Gasteiger partial charge in [0.05, 0.1) is 31.4 Å². The molecule has 3 heterocycles. The van der Waals surface area contributed by atoms with Gasteiger partial charge in [-0.1, -0.05) is 31.1 Å². The lowest BCUT2D eigenvalue weighted by Gasteiger charge is -2.21. The molecule has 0 atom stereocenters. The fourth-order valence-corrected chi connectivity index (χ4v) is 4.55. The van der Waals surface area contributed by atoms with Crippen molar-refractivity contribution in [2.45, 2.75) is 44.7 Å². The van der Waals surface area contributed by atoms with Gasteiger partial charge in [-0.3, -0.25) is 4.68 Å². The molecule has 0 saturated carbocycles. The van der Waals surface area contributed by atoms with Crippen LogP contribution in [0.1, 0.15) is 37.0 Å². The number of nitrogens with zero attached hydrogens (tertiary/aromatic N) is 3. The van der Waals surface area contributed by atoms with Crippen LogP contribution in [0.25, 0.3) is 11.0 Å². The molecule has 9 heteroatoms. The number of ether oxygens (including phenoxy) is 2. The summed E-state index contributed by atoms with van der Waals surface area (Å²) in [4.78, 5) is 0.960. The Morgan fingerprint density at radius 2 is 2.12 bits per heavy atom. The van der Waals surface area contributed by atoms with E-state index < -0.39 is 0 Å². The fraction of sp³-hybridized carbons (Fsp3) is 0.333. The van der Waals surface area contributed by atoms with E-state index in [4.69, 9.17) is 19.7 Å². The number of nitrogens with two attached hydrogens (primary N) is 1. The van der Waals surface area contributed by atoms with E-state index >= 15 is 0 Å². The van der Waals surface area contributed by atoms with Gasteiger partial charge in [0, 0.05) is 23.9 Å². The number of hydrogen-bond acceptors (Lipinski definition) is 8. The Balaban J connectivity index is 0.00000126. The zero-order valence-electron chi connectivity index (χ0n) is 19.1. The van der Waals surface area contributed by atoms with Crippen molar-refractivity contribution in [2.24, 2.45) is 5.73 Å². The predicted molar refractivity (Wildman–Crippen MR) is 131 cm³/mol. The fourth-order valence-electron chi connectivity index (χ4n) is 3.81. The Kier molecular flexibility index (Phi) is 7.41. The number of aromatic nitrogens is 3. The third-order valence-electron chi connectivity index (χ3n) is 5.31. The highest BCUT2D eigenvalue weighted by Crippen LogP contribution is 2.42. The maximum absolute atomic E-state index is 6.11. The molecule has 5 rings (SSSR count). The van der Waals surface area contributed by atoms with Gasteiger partial charge in [-0.15, -0.1) is 0 Å². The molecule has 3 N–H and O–H groups in total. The Bertz CT molecular complexity index is 1220. The quantitative estimate of drug-likeness (QED) is 0.366. The van der Waals surface area contributed by atoms with Crippen molar-refractivity contribution in [3.63, 3.8) is 0 Å². The van der Waals surface area contributed by atoms with E-state index in [2.05, 4.69) is 15.0 Å². The summed E-state index contributed by atoms with van der Waals surface area (Å²) in [5.41, 5.74) is 9.71. The van der Waals surface area contributed by atoms with Crippen LogP contribution in [0.15, 0.2) is 52.1 Å². The summed E-state index contributed by atoms with van der Waals surface area (Å²) >= 11 is 1.43. The summed E-state index contributed by atoms with van der Waals surface area (Å²) < 4.78 is 22.4. The van der Waals surface area contributed by atoms with Crippen LogP contribution in [0.4, 0.5) is 5.82 Å². The smallest absolute Gasteiger partial charge is 0.191 e. The predicted octanol–water partition coefficient (Wildman–Crippen LogP) is 5.01. The van der Waals surface area contributed by atoms with Gasteiger partial charge in [0.15, 0.2) is 11.4 Å². The maximum Gasteiger partial charge on any atom is 0.191 e.